The van der Waals surface area contributed by atoms with Crippen LogP contribution in [0.1, 0.15) is 5.56 Å². The minimum absolute atomic E-state index is 0.0795. The molecule has 0 saturated carbocycles. The topological polar surface area (TPSA) is 45.4 Å². The van der Waals surface area contributed by atoms with Crippen molar-refractivity contribution in [2.75, 3.05) is 14.2 Å². The molecule has 0 atom stereocenters. The van der Waals surface area contributed by atoms with E-state index in [1.165, 1.54) is 0 Å². The van der Waals surface area contributed by atoms with Gasteiger partial charge in [0.2, 0.25) is 0 Å². The molecule has 1 heterocycles. The van der Waals surface area contributed by atoms with Crippen LogP contribution in [0, 0.1) is 0 Å². The van der Waals surface area contributed by atoms with Crippen molar-refractivity contribution in [1.82, 2.24) is 9.13 Å². The largest absolute Gasteiger partial charge is 0.497 e. The number of nitrogens with zero attached hydrogens (tertiary/aromatic N) is 2. The predicted molar refractivity (Wildman–Crippen MR) is 106 cm³/mol. The Balaban J connectivity index is 1.89. The van der Waals surface area contributed by atoms with E-state index in [-0.39, 0.29) is 5.69 Å². The molecule has 4 rings (SSSR count). The van der Waals surface area contributed by atoms with Gasteiger partial charge in [0.05, 0.1) is 37.5 Å². The number of ether oxygens (including phenoxy) is 2. The van der Waals surface area contributed by atoms with Crippen LogP contribution in [0.3, 0.4) is 0 Å². The number of imidazole rings is 1. The summed E-state index contributed by atoms with van der Waals surface area (Å²) >= 11 is 0. The summed E-state index contributed by atoms with van der Waals surface area (Å²) in [5, 5.41) is 0. The Kier molecular flexibility index (Phi) is 4.42. The van der Waals surface area contributed by atoms with E-state index in [4.69, 9.17) is 9.47 Å². The molecule has 0 unspecified atom stereocenters. The Morgan fingerprint density at radius 3 is 2.00 bits per heavy atom. The zero-order valence-electron chi connectivity index (χ0n) is 15.3. The highest BCUT2D eigenvalue weighted by atomic mass is 16.5. The lowest BCUT2D eigenvalue weighted by molar-refractivity contribution is 0.393. The van der Waals surface area contributed by atoms with Crippen LogP contribution in [0.15, 0.2) is 77.6 Å². The van der Waals surface area contributed by atoms with Gasteiger partial charge < -0.3 is 9.47 Å². The van der Waals surface area contributed by atoms with E-state index in [0.29, 0.717) is 18.0 Å². The van der Waals surface area contributed by atoms with Gasteiger partial charge in [0.15, 0.2) is 0 Å². The first kappa shape index (κ1) is 17.0. The lowest BCUT2D eigenvalue weighted by Crippen LogP contribution is -2.23. The Hall–Kier alpha value is -3.47. The molecule has 0 fully saturated rings. The van der Waals surface area contributed by atoms with Gasteiger partial charge in [-0.05, 0) is 42.0 Å². The van der Waals surface area contributed by atoms with E-state index >= 15 is 0 Å². The summed E-state index contributed by atoms with van der Waals surface area (Å²) in [5.74, 6) is 1.40. The van der Waals surface area contributed by atoms with Crippen LogP contribution < -0.4 is 15.2 Å². The molecule has 0 saturated heterocycles. The molecule has 0 spiro atoms. The molecule has 3 aromatic carbocycles. The fourth-order valence-electron chi connectivity index (χ4n) is 3.33. The maximum atomic E-state index is 13.3. The second-order valence-corrected chi connectivity index (χ2v) is 6.25. The number of fused-ring (bicyclic) bond motifs is 1. The molecule has 4 aromatic rings. The highest BCUT2D eigenvalue weighted by Gasteiger charge is 2.15. The molecule has 1 aromatic heterocycles. The average molecular weight is 360 g/mol. The van der Waals surface area contributed by atoms with E-state index in [2.05, 4.69) is 0 Å². The van der Waals surface area contributed by atoms with Gasteiger partial charge in [0.1, 0.15) is 11.5 Å². The Morgan fingerprint density at radius 1 is 0.778 bits per heavy atom. The lowest BCUT2D eigenvalue weighted by atomic mass is 10.2. The van der Waals surface area contributed by atoms with Gasteiger partial charge in [-0.1, -0.05) is 30.3 Å². The van der Waals surface area contributed by atoms with Crippen LogP contribution in [-0.2, 0) is 6.54 Å². The lowest BCUT2D eigenvalue weighted by Gasteiger charge is -2.09. The van der Waals surface area contributed by atoms with Gasteiger partial charge in [0, 0.05) is 6.07 Å². The van der Waals surface area contributed by atoms with E-state index in [1.807, 2.05) is 72.8 Å². The SMILES string of the molecule is COc1cc(Cn2c(=O)n(-c3ccccc3)c3ccccc32)cc(OC)c1. The molecular formula is C22H20N2O3. The number of para-hydroxylation sites is 3. The summed E-state index contributed by atoms with van der Waals surface area (Å²) in [5.41, 5.74) is 3.46. The molecule has 0 radical (unpaired) electrons. The van der Waals surface area contributed by atoms with Crippen LogP contribution in [0.25, 0.3) is 16.7 Å². The monoisotopic (exact) mass is 360 g/mol. The molecule has 0 N–H and O–H groups in total. The van der Waals surface area contributed by atoms with Crippen molar-refractivity contribution in [1.29, 1.82) is 0 Å². The predicted octanol–water partition coefficient (Wildman–Crippen LogP) is 3.86. The summed E-state index contributed by atoms with van der Waals surface area (Å²) in [6.45, 7) is 0.423. The quantitative estimate of drug-likeness (QED) is 0.543. The smallest absolute Gasteiger partial charge is 0.334 e. The summed E-state index contributed by atoms with van der Waals surface area (Å²) in [6, 6.07) is 23.2. The van der Waals surface area contributed by atoms with E-state index in [9.17, 15) is 4.79 Å². The third kappa shape index (κ3) is 3.08. The fourth-order valence-corrected chi connectivity index (χ4v) is 3.33. The van der Waals surface area contributed by atoms with E-state index in [0.717, 1.165) is 22.3 Å². The molecule has 136 valence electrons. The van der Waals surface area contributed by atoms with Crippen molar-refractivity contribution in [2.24, 2.45) is 0 Å². The van der Waals surface area contributed by atoms with E-state index < -0.39 is 0 Å². The van der Waals surface area contributed by atoms with E-state index in [1.54, 1.807) is 23.4 Å². The first-order valence-electron chi connectivity index (χ1n) is 8.69. The average Bonchev–Trinajstić information content (AvgIpc) is 3.00. The minimum atomic E-state index is -0.0795. The Labute approximate surface area is 157 Å². The Bertz CT molecular complexity index is 1120. The van der Waals surface area contributed by atoms with Crippen molar-refractivity contribution in [3.05, 3.63) is 88.8 Å². The number of hydrogen-bond acceptors (Lipinski definition) is 3. The second kappa shape index (κ2) is 7.03. The van der Waals surface area contributed by atoms with Crippen LogP contribution in [0.4, 0.5) is 0 Å². The molecule has 0 bridgehead atoms. The summed E-state index contributed by atoms with van der Waals surface area (Å²) in [7, 11) is 3.23. The number of aromatic nitrogens is 2. The number of benzene rings is 3. The summed E-state index contributed by atoms with van der Waals surface area (Å²) in [4.78, 5) is 13.3. The third-order valence-electron chi connectivity index (χ3n) is 4.60. The zero-order chi connectivity index (χ0) is 18.8. The molecule has 0 aliphatic heterocycles. The first-order chi connectivity index (χ1) is 13.2. The maximum absolute atomic E-state index is 13.3. The Morgan fingerprint density at radius 2 is 1.37 bits per heavy atom. The maximum Gasteiger partial charge on any atom is 0.334 e. The second-order valence-electron chi connectivity index (χ2n) is 6.25. The molecule has 0 amide bonds. The van der Waals surface area contributed by atoms with Gasteiger partial charge in [-0.2, -0.15) is 0 Å². The van der Waals surface area contributed by atoms with Crippen molar-refractivity contribution in [3.63, 3.8) is 0 Å². The summed E-state index contributed by atoms with van der Waals surface area (Å²) in [6.07, 6.45) is 0. The highest BCUT2D eigenvalue weighted by molar-refractivity contribution is 5.78. The van der Waals surface area contributed by atoms with Crippen molar-refractivity contribution >= 4 is 11.0 Å². The van der Waals surface area contributed by atoms with Gasteiger partial charge >= 0.3 is 5.69 Å². The molecule has 5 heteroatoms. The van der Waals surface area contributed by atoms with Crippen LogP contribution >= 0.6 is 0 Å². The van der Waals surface area contributed by atoms with Crippen molar-refractivity contribution in [3.8, 4) is 17.2 Å². The molecule has 27 heavy (non-hydrogen) atoms. The number of rotatable bonds is 5. The van der Waals surface area contributed by atoms with Gasteiger partial charge in [-0.15, -0.1) is 0 Å². The first-order valence-corrected chi connectivity index (χ1v) is 8.69. The zero-order valence-corrected chi connectivity index (χ0v) is 15.3. The molecule has 0 aliphatic rings. The highest BCUT2D eigenvalue weighted by Crippen LogP contribution is 2.24. The minimum Gasteiger partial charge on any atom is -0.497 e. The molecule has 5 nitrogen and oxygen atoms in total. The molecule has 0 aliphatic carbocycles. The van der Waals surface area contributed by atoms with Crippen LogP contribution in [0.5, 0.6) is 11.5 Å². The fraction of sp³-hybridized carbons (Fsp3) is 0.136. The van der Waals surface area contributed by atoms with Crippen LogP contribution in [0.2, 0.25) is 0 Å². The van der Waals surface area contributed by atoms with Gasteiger partial charge in [0.25, 0.3) is 0 Å². The molecular weight excluding hydrogens is 340 g/mol. The number of methoxy groups -OCH3 is 2. The van der Waals surface area contributed by atoms with Crippen molar-refractivity contribution in [2.45, 2.75) is 6.54 Å². The third-order valence-corrected chi connectivity index (χ3v) is 4.60. The normalized spacial score (nSPS) is 10.9. The van der Waals surface area contributed by atoms with Gasteiger partial charge in [-0.25, -0.2) is 4.79 Å². The summed E-state index contributed by atoms with van der Waals surface area (Å²) < 4.78 is 14.2. The standard InChI is InChI=1S/C22H20N2O3/c1-26-18-12-16(13-19(14-18)27-2)15-23-20-10-6-7-11-21(20)24(22(23)25)17-8-4-3-5-9-17/h3-14H,15H2,1-2H3. The van der Waals surface area contributed by atoms with Crippen molar-refractivity contribution < 1.29 is 9.47 Å². The number of hydrogen-bond donors (Lipinski definition) is 0. The van der Waals surface area contributed by atoms with Gasteiger partial charge in [-0.3, -0.25) is 9.13 Å². The van der Waals surface area contributed by atoms with Crippen LogP contribution in [-0.4, -0.2) is 23.4 Å².